The van der Waals surface area contributed by atoms with Gasteiger partial charge in [0, 0.05) is 54.9 Å². The fourth-order valence-electron chi connectivity index (χ4n) is 9.09. The van der Waals surface area contributed by atoms with Crippen LogP contribution >= 0.6 is 0 Å². The van der Waals surface area contributed by atoms with E-state index in [9.17, 15) is 0 Å². The Bertz CT molecular complexity index is 3880. The molecule has 0 bridgehead atoms. The van der Waals surface area contributed by atoms with Crippen molar-refractivity contribution in [2.24, 2.45) is 0 Å². The smallest absolute Gasteiger partial charge is 0.164 e. The maximum Gasteiger partial charge on any atom is 0.164 e. The first-order valence-electron chi connectivity index (χ1n) is 22.5. The summed E-state index contributed by atoms with van der Waals surface area (Å²) in [7, 11) is 0. The summed E-state index contributed by atoms with van der Waals surface area (Å²) in [4.78, 5) is 25.4. The number of para-hydroxylation sites is 2. The van der Waals surface area contributed by atoms with E-state index in [4.69, 9.17) is 33.8 Å². The molecule has 7 heteroatoms. The quantitative estimate of drug-likeness (QED) is 0.150. The molecular weight excluding hydrogens is 835 g/mol. The molecule has 9 aromatic carbocycles. The van der Waals surface area contributed by atoms with Gasteiger partial charge < -0.3 is 8.83 Å². The SMILES string of the molecule is c1ccc(-c2ccc(-c3nc(-c4ccccc4)nc(-c4cccc(-c5ccc(-c6cc(-c7ccc8c(c7)oc7ccccc78)nc(-c7ccc8c(c7)oc7ccccc78)n6)cc5)c4)n3)cc2)cc1. The van der Waals surface area contributed by atoms with Gasteiger partial charge in [-0.25, -0.2) is 24.9 Å². The van der Waals surface area contributed by atoms with Gasteiger partial charge in [0.05, 0.1) is 11.4 Å². The van der Waals surface area contributed by atoms with Gasteiger partial charge in [0.15, 0.2) is 23.3 Å². The molecule has 0 fully saturated rings. The number of benzene rings is 9. The molecule has 7 nitrogen and oxygen atoms in total. The molecule has 0 saturated heterocycles. The molecule has 0 amide bonds. The van der Waals surface area contributed by atoms with E-state index in [1.807, 2.05) is 78.9 Å². The Labute approximate surface area is 390 Å². The summed E-state index contributed by atoms with van der Waals surface area (Å²) < 4.78 is 12.6. The molecular formula is C61H37N5O2. The lowest BCUT2D eigenvalue weighted by Crippen LogP contribution is -2.00. The zero-order valence-corrected chi connectivity index (χ0v) is 36.4. The van der Waals surface area contributed by atoms with Crippen molar-refractivity contribution >= 4 is 43.9 Å². The fraction of sp³-hybridized carbons (Fsp3) is 0. The van der Waals surface area contributed by atoms with Crippen LogP contribution in [0.5, 0.6) is 0 Å². The Balaban J connectivity index is 0.869. The Morgan fingerprint density at radius 3 is 1.21 bits per heavy atom. The van der Waals surface area contributed by atoms with Gasteiger partial charge in [0.2, 0.25) is 0 Å². The second-order valence-electron chi connectivity index (χ2n) is 16.9. The normalized spacial score (nSPS) is 11.5. The highest BCUT2D eigenvalue weighted by Gasteiger charge is 2.17. The standard InChI is InChI=1S/C61H37N5O2/c1-3-12-38(13-4-1)39-24-28-43(29-25-39)59-64-58(42-14-5-2-6-15-42)65-61(66-59)46-17-11-16-44(34-46)40-22-26-41(27-23-40)52-37-53(45-30-32-50-48-18-7-9-20-54(48)67-56(50)35-45)63-60(62-52)47-31-33-51-49-19-8-10-21-55(49)68-57(51)36-47/h1-37H. The summed E-state index contributed by atoms with van der Waals surface area (Å²) in [6.07, 6.45) is 0. The number of nitrogens with zero attached hydrogens (tertiary/aromatic N) is 5. The van der Waals surface area contributed by atoms with Crippen LogP contribution in [-0.2, 0) is 0 Å². The van der Waals surface area contributed by atoms with Crippen LogP contribution in [-0.4, -0.2) is 24.9 Å². The first kappa shape index (κ1) is 39.1. The zero-order chi connectivity index (χ0) is 45.0. The summed E-state index contributed by atoms with van der Waals surface area (Å²) in [6, 6.07) is 76.5. The van der Waals surface area contributed by atoms with E-state index in [0.717, 1.165) is 111 Å². The molecule has 68 heavy (non-hydrogen) atoms. The number of furan rings is 2. The molecule has 0 spiro atoms. The fourth-order valence-corrected chi connectivity index (χ4v) is 9.09. The van der Waals surface area contributed by atoms with Crippen molar-refractivity contribution in [3.8, 4) is 90.3 Å². The first-order valence-corrected chi connectivity index (χ1v) is 22.5. The second-order valence-corrected chi connectivity index (χ2v) is 16.9. The molecule has 0 radical (unpaired) electrons. The molecule has 13 rings (SSSR count). The van der Waals surface area contributed by atoms with Crippen molar-refractivity contribution in [3.05, 3.63) is 224 Å². The molecule has 0 N–H and O–H groups in total. The van der Waals surface area contributed by atoms with Gasteiger partial charge in [0.1, 0.15) is 22.3 Å². The van der Waals surface area contributed by atoms with Crippen molar-refractivity contribution < 1.29 is 8.83 Å². The number of hydrogen-bond donors (Lipinski definition) is 0. The van der Waals surface area contributed by atoms with E-state index in [0.29, 0.717) is 23.3 Å². The van der Waals surface area contributed by atoms with Gasteiger partial charge in [-0.15, -0.1) is 0 Å². The first-order chi connectivity index (χ1) is 33.6. The zero-order valence-electron chi connectivity index (χ0n) is 36.4. The lowest BCUT2D eigenvalue weighted by atomic mass is 9.99. The van der Waals surface area contributed by atoms with E-state index in [2.05, 4.69) is 146 Å². The van der Waals surface area contributed by atoms with Crippen LogP contribution in [0.15, 0.2) is 233 Å². The third kappa shape index (κ3) is 7.16. The molecule has 0 unspecified atom stereocenters. The largest absolute Gasteiger partial charge is 0.456 e. The Hall–Kier alpha value is -9.33. The minimum atomic E-state index is 0.597. The molecule has 0 aliphatic rings. The summed E-state index contributed by atoms with van der Waals surface area (Å²) in [6.45, 7) is 0. The van der Waals surface area contributed by atoms with Gasteiger partial charge in [-0.2, -0.15) is 0 Å². The molecule has 4 heterocycles. The van der Waals surface area contributed by atoms with Crippen LogP contribution in [0.25, 0.3) is 134 Å². The minimum Gasteiger partial charge on any atom is -0.456 e. The lowest BCUT2D eigenvalue weighted by molar-refractivity contribution is 0.668. The van der Waals surface area contributed by atoms with Gasteiger partial charge >= 0.3 is 0 Å². The maximum atomic E-state index is 6.32. The minimum absolute atomic E-state index is 0.597. The van der Waals surface area contributed by atoms with E-state index in [1.165, 1.54) is 0 Å². The average Bonchev–Trinajstić information content (AvgIpc) is 3.99. The van der Waals surface area contributed by atoms with Crippen molar-refractivity contribution in [2.75, 3.05) is 0 Å². The highest BCUT2D eigenvalue weighted by molar-refractivity contribution is 6.07. The van der Waals surface area contributed by atoms with Crippen LogP contribution in [0.2, 0.25) is 0 Å². The topological polar surface area (TPSA) is 90.7 Å². The average molecular weight is 872 g/mol. The third-order valence-corrected chi connectivity index (χ3v) is 12.6. The number of rotatable bonds is 8. The van der Waals surface area contributed by atoms with Crippen LogP contribution < -0.4 is 0 Å². The third-order valence-electron chi connectivity index (χ3n) is 12.6. The van der Waals surface area contributed by atoms with Crippen LogP contribution in [0.3, 0.4) is 0 Å². The van der Waals surface area contributed by atoms with E-state index < -0.39 is 0 Å². The Morgan fingerprint density at radius 2 is 0.574 bits per heavy atom. The molecule has 0 aliphatic carbocycles. The van der Waals surface area contributed by atoms with Crippen LogP contribution in [0.4, 0.5) is 0 Å². The summed E-state index contributed by atoms with van der Waals surface area (Å²) >= 11 is 0. The predicted molar refractivity (Wildman–Crippen MR) is 273 cm³/mol. The Morgan fingerprint density at radius 1 is 0.206 bits per heavy atom. The van der Waals surface area contributed by atoms with Crippen molar-refractivity contribution in [1.29, 1.82) is 0 Å². The van der Waals surface area contributed by atoms with E-state index in [1.54, 1.807) is 0 Å². The molecule has 318 valence electrons. The highest BCUT2D eigenvalue weighted by atomic mass is 16.3. The monoisotopic (exact) mass is 871 g/mol. The molecule has 0 atom stereocenters. The van der Waals surface area contributed by atoms with Crippen LogP contribution in [0.1, 0.15) is 0 Å². The summed E-state index contributed by atoms with van der Waals surface area (Å²) in [5.74, 6) is 2.43. The van der Waals surface area contributed by atoms with Gasteiger partial charge in [-0.1, -0.05) is 176 Å². The van der Waals surface area contributed by atoms with Crippen molar-refractivity contribution in [2.45, 2.75) is 0 Å². The highest BCUT2D eigenvalue weighted by Crippen LogP contribution is 2.37. The maximum absolute atomic E-state index is 6.32. The second kappa shape index (κ2) is 16.3. The lowest BCUT2D eigenvalue weighted by Gasteiger charge is -2.11. The number of aromatic nitrogens is 5. The van der Waals surface area contributed by atoms with Crippen molar-refractivity contribution in [3.63, 3.8) is 0 Å². The molecule has 0 saturated carbocycles. The molecule has 4 aromatic heterocycles. The Kier molecular flexibility index (Phi) is 9.35. The molecule has 0 aliphatic heterocycles. The summed E-state index contributed by atoms with van der Waals surface area (Å²) in [5.41, 5.74) is 14.7. The predicted octanol–water partition coefficient (Wildman–Crippen LogP) is 15.8. The van der Waals surface area contributed by atoms with E-state index in [-0.39, 0.29) is 0 Å². The van der Waals surface area contributed by atoms with E-state index >= 15 is 0 Å². The van der Waals surface area contributed by atoms with Crippen LogP contribution in [0, 0.1) is 0 Å². The van der Waals surface area contributed by atoms with Gasteiger partial charge in [-0.05, 0) is 70.8 Å². The van der Waals surface area contributed by atoms with Gasteiger partial charge in [-0.3, -0.25) is 0 Å². The van der Waals surface area contributed by atoms with Gasteiger partial charge in [0.25, 0.3) is 0 Å². The molecule has 13 aromatic rings. The van der Waals surface area contributed by atoms with Crippen molar-refractivity contribution in [1.82, 2.24) is 24.9 Å². The number of fused-ring (bicyclic) bond motifs is 6. The summed E-state index contributed by atoms with van der Waals surface area (Å²) in [5, 5.41) is 4.28. The number of hydrogen-bond acceptors (Lipinski definition) is 7.